The molecule has 0 unspecified atom stereocenters. The Morgan fingerprint density at radius 1 is 1.00 bits per heavy atom. The minimum atomic E-state index is -3.36. The van der Waals surface area contributed by atoms with Gasteiger partial charge in [-0.25, -0.2) is 12.8 Å². The molecule has 6 heteroatoms. The Morgan fingerprint density at radius 2 is 1.64 bits per heavy atom. The summed E-state index contributed by atoms with van der Waals surface area (Å²) in [7, 11) is -1.43. The van der Waals surface area contributed by atoms with E-state index in [2.05, 4.69) is 0 Å². The Balaban J connectivity index is 1.70. The van der Waals surface area contributed by atoms with Gasteiger partial charge in [-0.1, -0.05) is 17.7 Å². The van der Waals surface area contributed by atoms with Gasteiger partial charge in [0.05, 0.1) is 10.6 Å². The van der Waals surface area contributed by atoms with Crippen LogP contribution >= 0.6 is 0 Å². The van der Waals surface area contributed by atoms with Gasteiger partial charge in [-0.15, -0.1) is 0 Å². The first kappa shape index (κ1) is 19.4. The molecule has 0 saturated carbocycles. The van der Waals surface area contributed by atoms with Crippen LogP contribution in [0.2, 0.25) is 0 Å². The van der Waals surface area contributed by atoms with E-state index < -0.39 is 15.7 Å². The summed E-state index contributed by atoms with van der Waals surface area (Å²) in [5.41, 5.74) is 1.19. The van der Waals surface area contributed by atoms with Gasteiger partial charge in [0.1, 0.15) is 18.2 Å². The van der Waals surface area contributed by atoms with E-state index in [9.17, 15) is 12.8 Å². The third-order valence-electron chi connectivity index (χ3n) is 3.89. The lowest BCUT2D eigenvalue weighted by atomic mass is 10.2. The molecular formula is C19H24FNO3S. The molecule has 2 aromatic rings. The Labute approximate surface area is 149 Å². The molecule has 0 atom stereocenters. The summed E-state index contributed by atoms with van der Waals surface area (Å²) in [5, 5.41) is 0. The lowest BCUT2D eigenvalue weighted by Gasteiger charge is -2.17. The third-order valence-corrected chi connectivity index (χ3v) is 5.70. The van der Waals surface area contributed by atoms with Crippen LogP contribution in [0, 0.1) is 12.7 Å². The number of halogens is 1. The Morgan fingerprint density at radius 3 is 2.28 bits per heavy atom. The van der Waals surface area contributed by atoms with Crippen molar-refractivity contribution in [1.82, 2.24) is 4.90 Å². The van der Waals surface area contributed by atoms with Crippen LogP contribution < -0.4 is 4.74 Å². The van der Waals surface area contributed by atoms with Crippen molar-refractivity contribution in [2.45, 2.75) is 18.2 Å². The van der Waals surface area contributed by atoms with E-state index >= 15 is 0 Å². The average molecular weight is 365 g/mol. The molecule has 2 rings (SSSR count). The lowest BCUT2D eigenvalue weighted by Crippen LogP contribution is -2.26. The van der Waals surface area contributed by atoms with Crippen LogP contribution in [-0.4, -0.2) is 45.8 Å². The molecule has 0 aliphatic rings. The van der Waals surface area contributed by atoms with E-state index in [-0.39, 0.29) is 10.6 Å². The van der Waals surface area contributed by atoms with E-state index in [1.807, 2.05) is 43.1 Å². The molecule has 25 heavy (non-hydrogen) atoms. The number of rotatable bonds is 9. The van der Waals surface area contributed by atoms with Crippen molar-refractivity contribution in [2.24, 2.45) is 0 Å². The molecule has 136 valence electrons. The number of benzene rings is 2. The van der Waals surface area contributed by atoms with Crippen LogP contribution in [0.1, 0.15) is 12.0 Å². The molecule has 0 bridgehead atoms. The zero-order valence-electron chi connectivity index (χ0n) is 14.6. The molecule has 4 nitrogen and oxygen atoms in total. The van der Waals surface area contributed by atoms with Crippen LogP contribution in [0.25, 0.3) is 0 Å². The highest BCUT2D eigenvalue weighted by Gasteiger charge is 2.14. The standard InChI is InChI=1S/C19H24FNO3S/c1-16-4-8-18(9-5-16)24-14-13-21(2)12-3-15-25(22,23)19-10-6-17(20)7-11-19/h4-11H,3,12-15H2,1-2H3. The number of nitrogens with zero attached hydrogens (tertiary/aromatic N) is 1. The van der Waals surface area contributed by atoms with E-state index in [4.69, 9.17) is 4.74 Å². The molecule has 0 aliphatic carbocycles. The second-order valence-electron chi connectivity index (χ2n) is 6.09. The Bertz CT molecular complexity index is 758. The topological polar surface area (TPSA) is 46.6 Å². The molecule has 0 fully saturated rings. The molecule has 0 aliphatic heterocycles. The Kier molecular flexibility index (Phi) is 6.96. The molecule has 2 aromatic carbocycles. The average Bonchev–Trinajstić information content (AvgIpc) is 2.57. The monoisotopic (exact) mass is 365 g/mol. The minimum absolute atomic E-state index is 0.0434. The molecule has 0 radical (unpaired) electrons. The highest BCUT2D eigenvalue weighted by atomic mass is 32.2. The van der Waals surface area contributed by atoms with E-state index in [1.54, 1.807) is 0 Å². The summed E-state index contributed by atoms with van der Waals surface area (Å²) in [5.74, 6) is 0.437. The van der Waals surface area contributed by atoms with Gasteiger partial charge in [0, 0.05) is 6.54 Å². The minimum Gasteiger partial charge on any atom is -0.492 e. The smallest absolute Gasteiger partial charge is 0.178 e. The van der Waals surface area contributed by atoms with Crippen LogP contribution in [0.5, 0.6) is 5.75 Å². The molecule has 0 saturated heterocycles. The predicted molar refractivity (Wildman–Crippen MR) is 97.2 cm³/mol. The number of hydrogen-bond acceptors (Lipinski definition) is 4. The molecule has 0 amide bonds. The number of hydrogen-bond donors (Lipinski definition) is 0. The van der Waals surface area contributed by atoms with E-state index in [0.29, 0.717) is 26.1 Å². The van der Waals surface area contributed by atoms with Gasteiger partial charge in [-0.3, -0.25) is 0 Å². The fourth-order valence-electron chi connectivity index (χ4n) is 2.35. The van der Waals surface area contributed by atoms with Gasteiger partial charge in [-0.05, 0) is 63.3 Å². The first-order valence-electron chi connectivity index (χ1n) is 8.23. The number of likely N-dealkylation sites (N-methyl/N-ethyl adjacent to an activating group) is 1. The van der Waals surface area contributed by atoms with Crippen LogP contribution in [0.4, 0.5) is 4.39 Å². The quantitative estimate of drug-likeness (QED) is 0.640. The second-order valence-corrected chi connectivity index (χ2v) is 8.20. The Hall–Kier alpha value is -1.92. The summed E-state index contributed by atoms with van der Waals surface area (Å²) in [6.45, 7) is 3.93. The third kappa shape index (κ3) is 6.48. The summed E-state index contributed by atoms with van der Waals surface area (Å²) in [6, 6.07) is 12.8. The number of sulfone groups is 1. The van der Waals surface area contributed by atoms with Gasteiger partial charge in [-0.2, -0.15) is 0 Å². The van der Waals surface area contributed by atoms with Crippen molar-refractivity contribution in [1.29, 1.82) is 0 Å². The largest absolute Gasteiger partial charge is 0.492 e. The normalized spacial score (nSPS) is 11.7. The van der Waals surface area contributed by atoms with Gasteiger partial charge >= 0.3 is 0 Å². The van der Waals surface area contributed by atoms with Crippen LogP contribution in [0.15, 0.2) is 53.4 Å². The number of aryl methyl sites for hydroxylation is 1. The summed E-state index contributed by atoms with van der Waals surface area (Å²) < 4.78 is 42.9. The highest BCUT2D eigenvalue weighted by molar-refractivity contribution is 7.91. The van der Waals surface area contributed by atoms with Crippen molar-refractivity contribution in [2.75, 3.05) is 32.5 Å². The predicted octanol–water partition coefficient (Wildman–Crippen LogP) is 3.31. The van der Waals surface area contributed by atoms with E-state index in [0.717, 1.165) is 5.75 Å². The second kappa shape index (κ2) is 8.97. The fourth-order valence-corrected chi connectivity index (χ4v) is 3.65. The number of ether oxygens (including phenoxy) is 1. The lowest BCUT2D eigenvalue weighted by molar-refractivity contribution is 0.238. The van der Waals surface area contributed by atoms with Crippen LogP contribution in [0.3, 0.4) is 0 Å². The van der Waals surface area contributed by atoms with Crippen molar-refractivity contribution in [3.8, 4) is 5.75 Å². The van der Waals surface area contributed by atoms with Gasteiger partial charge < -0.3 is 9.64 Å². The zero-order valence-corrected chi connectivity index (χ0v) is 15.4. The molecule has 0 spiro atoms. The molecule has 0 heterocycles. The fraction of sp³-hybridized carbons (Fsp3) is 0.368. The van der Waals surface area contributed by atoms with Gasteiger partial charge in [0.2, 0.25) is 0 Å². The summed E-state index contributed by atoms with van der Waals surface area (Å²) in [6.07, 6.45) is 0.515. The van der Waals surface area contributed by atoms with Crippen molar-refractivity contribution in [3.05, 3.63) is 59.9 Å². The maximum Gasteiger partial charge on any atom is 0.178 e. The molecule has 0 N–H and O–H groups in total. The van der Waals surface area contributed by atoms with E-state index in [1.165, 1.54) is 29.8 Å². The molecular weight excluding hydrogens is 341 g/mol. The van der Waals surface area contributed by atoms with Crippen molar-refractivity contribution < 1.29 is 17.5 Å². The maximum absolute atomic E-state index is 12.9. The van der Waals surface area contributed by atoms with Crippen LogP contribution in [-0.2, 0) is 9.84 Å². The SMILES string of the molecule is Cc1ccc(OCCN(C)CCCS(=O)(=O)c2ccc(F)cc2)cc1. The maximum atomic E-state index is 12.9. The molecule has 0 aromatic heterocycles. The van der Waals surface area contributed by atoms with Gasteiger partial charge in [0.25, 0.3) is 0 Å². The van der Waals surface area contributed by atoms with Crippen molar-refractivity contribution in [3.63, 3.8) is 0 Å². The summed E-state index contributed by atoms with van der Waals surface area (Å²) in [4.78, 5) is 2.20. The first-order chi connectivity index (χ1) is 11.9. The zero-order chi connectivity index (χ0) is 18.3. The summed E-state index contributed by atoms with van der Waals surface area (Å²) >= 11 is 0. The van der Waals surface area contributed by atoms with Crippen molar-refractivity contribution >= 4 is 9.84 Å². The highest BCUT2D eigenvalue weighted by Crippen LogP contribution is 2.13. The van der Waals surface area contributed by atoms with Gasteiger partial charge in [0.15, 0.2) is 9.84 Å². The first-order valence-corrected chi connectivity index (χ1v) is 9.88.